The first kappa shape index (κ1) is 15.9. The maximum absolute atomic E-state index is 12.1. The lowest BCUT2D eigenvalue weighted by Gasteiger charge is -2.15. The lowest BCUT2D eigenvalue weighted by atomic mass is 10.1. The molecule has 0 radical (unpaired) electrons. The Bertz CT molecular complexity index is 531. The Morgan fingerprint density at radius 3 is 2.60 bits per heavy atom. The largest absolute Gasteiger partial charge is 0.416 e. The number of alkyl halides is 3. The van der Waals surface area contributed by atoms with Crippen molar-refractivity contribution in [2.75, 3.05) is 6.54 Å². The molecule has 0 aromatic heterocycles. The van der Waals surface area contributed by atoms with Crippen LogP contribution in [0, 0.1) is 17.0 Å². The van der Waals surface area contributed by atoms with Gasteiger partial charge in [-0.1, -0.05) is 12.1 Å². The van der Waals surface area contributed by atoms with Crippen molar-refractivity contribution in [3.05, 3.63) is 39.4 Å². The summed E-state index contributed by atoms with van der Waals surface area (Å²) in [6.07, 6.45) is -7.60. The van der Waals surface area contributed by atoms with E-state index in [1.54, 1.807) is 0 Å². The summed E-state index contributed by atoms with van der Waals surface area (Å²) in [7, 11) is 0. The summed E-state index contributed by atoms with van der Waals surface area (Å²) in [4.78, 5) is 21.7. The Balaban J connectivity index is 2.91. The van der Waals surface area contributed by atoms with E-state index >= 15 is 0 Å². The van der Waals surface area contributed by atoms with E-state index in [2.05, 4.69) is 0 Å². The minimum absolute atomic E-state index is 0.248. The number of nitro benzene ring substituents is 1. The molecule has 1 rings (SSSR count). The van der Waals surface area contributed by atoms with Crippen LogP contribution < -0.4 is 5.32 Å². The normalized spacial score (nSPS) is 12.8. The lowest BCUT2D eigenvalue weighted by Crippen LogP contribution is -2.41. The smallest absolute Gasteiger partial charge is 0.382 e. The van der Waals surface area contributed by atoms with Crippen LogP contribution in [0.15, 0.2) is 18.2 Å². The number of carbonyl (C=O) groups is 1. The number of nitrogens with zero attached hydrogens (tertiary/aromatic N) is 1. The van der Waals surface area contributed by atoms with Crippen LogP contribution in [0.3, 0.4) is 0 Å². The Morgan fingerprint density at radius 2 is 2.10 bits per heavy atom. The third-order valence-corrected chi connectivity index (χ3v) is 2.51. The van der Waals surface area contributed by atoms with Crippen molar-refractivity contribution in [1.29, 1.82) is 0 Å². The van der Waals surface area contributed by atoms with Gasteiger partial charge in [-0.15, -0.1) is 0 Å². The zero-order valence-electron chi connectivity index (χ0n) is 10.3. The number of rotatable bonds is 4. The molecule has 110 valence electrons. The second kappa shape index (κ2) is 5.87. The van der Waals surface area contributed by atoms with E-state index in [4.69, 9.17) is 5.11 Å². The average Bonchev–Trinajstić information content (AvgIpc) is 2.33. The van der Waals surface area contributed by atoms with E-state index in [0.29, 0.717) is 0 Å². The van der Waals surface area contributed by atoms with E-state index in [0.717, 1.165) is 6.07 Å². The quantitative estimate of drug-likeness (QED) is 0.650. The van der Waals surface area contributed by atoms with Crippen molar-refractivity contribution in [1.82, 2.24) is 5.32 Å². The van der Waals surface area contributed by atoms with Gasteiger partial charge >= 0.3 is 6.18 Å². The van der Waals surface area contributed by atoms with Gasteiger partial charge < -0.3 is 10.4 Å². The number of halogens is 3. The van der Waals surface area contributed by atoms with Gasteiger partial charge in [0.15, 0.2) is 6.10 Å². The molecule has 0 aliphatic heterocycles. The summed E-state index contributed by atoms with van der Waals surface area (Å²) >= 11 is 0. The number of benzene rings is 1. The Hall–Kier alpha value is -2.16. The standard InChI is InChI=1S/C11H11F3N2O4/c1-6-3-2-4-7(16(19)20)9(6)10(18)15-5-8(17)11(12,13)14/h2-4,8,17H,5H2,1H3,(H,15,18). The van der Waals surface area contributed by atoms with Gasteiger partial charge in [-0.2, -0.15) is 13.2 Å². The van der Waals surface area contributed by atoms with Gasteiger partial charge in [0.05, 0.1) is 11.5 Å². The van der Waals surface area contributed by atoms with Crippen LogP contribution in [-0.4, -0.2) is 34.8 Å². The van der Waals surface area contributed by atoms with Crippen molar-refractivity contribution < 1.29 is 28.0 Å². The highest BCUT2D eigenvalue weighted by Gasteiger charge is 2.38. The van der Waals surface area contributed by atoms with Crippen LogP contribution in [0.4, 0.5) is 18.9 Å². The van der Waals surface area contributed by atoms with Crippen molar-refractivity contribution in [3.8, 4) is 0 Å². The minimum atomic E-state index is -4.87. The second-order valence-corrected chi connectivity index (χ2v) is 3.99. The molecule has 0 bridgehead atoms. The Morgan fingerprint density at radius 1 is 1.50 bits per heavy atom. The Kier molecular flexibility index (Phi) is 4.66. The fraction of sp³-hybridized carbons (Fsp3) is 0.364. The fourth-order valence-corrected chi connectivity index (χ4v) is 1.49. The van der Waals surface area contributed by atoms with E-state index in [1.807, 2.05) is 5.32 Å². The van der Waals surface area contributed by atoms with Gasteiger partial charge in [0, 0.05) is 6.07 Å². The van der Waals surface area contributed by atoms with Crippen molar-refractivity contribution in [2.45, 2.75) is 19.2 Å². The molecule has 0 fully saturated rings. The molecule has 0 saturated carbocycles. The van der Waals surface area contributed by atoms with Crippen LogP contribution >= 0.6 is 0 Å². The first-order chi connectivity index (χ1) is 9.14. The zero-order valence-corrected chi connectivity index (χ0v) is 10.3. The fourth-order valence-electron chi connectivity index (χ4n) is 1.49. The summed E-state index contributed by atoms with van der Waals surface area (Å²) in [6.45, 7) is 0.343. The van der Waals surface area contributed by atoms with E-state index in [9.17, 15) is 28.1 Å². The molecule has 1 unspecified atom stereocenters. The van der Waals surface area contributed by atoms with E-state index in [1.165, 1.54) is 19.1 Å². The molecule has 20 heavy (non-hydrogen) atoms. The molecule has 0 aliphatic carbocycles. The van der Waals surface area contributed by atoms with Gasteiger partial charge in [-0.05, 0) is 12.5 Å². The number of aliphatic hydroxyl groups excluding tert-OH is 1. The number of carbonyl (C=O) groups excluding carboxylic acids is 1. The van der Waals surface area contributed by atoms with Gasteiger partial charge in [0.2, 0.25) is 0 Å². The predicted molar refractivity (Wildman–Crippen MR) is 62.2 cm³/mol. The summed E-state index contributed by atoms with van der Waals surface area (Å²) in [6, 6.07) is 3.85. The number of aliphatic hydroxyl groups is 1. The first-order valence-electron chi connectivity index (χ1n) is 5.41. The van der Waals surface area contributed by atoms with Gasteiger partial charge in [-0.3, -0.25) is 14.9 Å². The number of nitro groups is 1. The van der Waals surface area contributed by atoms with E-state index in [-0.39, 0.29) is 11.1 Å². The molecule has 1 aromatic carbocycles. The molecule has 0 saturated heterocycles. The van der Waals surface area contributed by atoms with E-state index < -0.39 is 35.3 Å². The first-order valence-corrected chi connectivity index (χ1v) is 5.41. The number of hydrogen-bond donors (Lipinski definition) is 2. The maximum Gasteiger partial charge on any atom is 0.416 e. The third-order valence-electron chi connectivity index (χ3n) is 2.51. The minimum Gasteiger partial charge on any atom is -0.382 e. The van der Waals surface area contributed by atoms with Gasteiger partial charge in [-0.25, -0.2) is 0 Å². The highest BCUT2D eigenvalue weighted by Crippen LogP contribution is 2.22. The third kappa shape index (κ3) is 3.67. The molecule has 0 heterocycles. The lowest BCUT2D eigenvalue weighted by molar-refractivity contribution is -0.385. The van der Waals surface area contributed by atoms with Crippen molar-refractivity contribution >= 4 is 11.6 Å². The summed E-state index contributed by atoms with van der Waals surface area (Å²) in [5, 5.41) is 21.4. The molecule has 0 spiro atoms. The van der Waals surface area contributed by atoms with Crippen LogP contribution in [-0.2, 0) is 0 Å². The average molecular weight is 292 g/mol. The number of amides is 1. The van der Waals surface area contributed by atoms with Gasteiger partial charge in [0.1, 0.15) is 5.56 Å². The van der Waals surface area contributed by atoms with Crippen LogP contribution in [0.25, 0.3) is 0 Å². The predicted octanol–water partition coefficient (Wildman–Crippen LogP) is 1.56. The molecule has 1 atom stereocenters. The molecule has 1 aromatic rings. The SMILES string of the molecule is Cc1cccc([N+](=O)[O-])c1C(=O)NCC(O)C(F)(F)F. The van der Waals surface area contributed by atoms with Crippen LogP contribution in [0.2, 0.25) is 0 Å². The number of nitrogens with one attached hydrogen (secondary N) is 1. The number of hydrogen-bond acceptors (Lipinski definition) is 4. The van der Waals surface area contributed by atoms with Crippen LogP contribution in [0.5, 0.6) is 0 Å². The molecule has 6 nitrogen and oxygen atoms in total. The topological polar surface area (TPSA) is 92.5 Å². The maximum atomic E-state index is 12.1. The molecule has 9 heteroatoms. The number of aryl methyl sites for hydroxylation is 1. The Labute approximate surface area is 111 Å². The van der Waals surface area contributed by atoms with Crippen molar-refractivity contribution in [3.63, 3.8) is 0 Å². The highest BCUT2D eigenvalue weighted by molar-refractivity contribution is 5.99. The summed E-state index contributed by atoms with van der Waals surface area (Å²) in [5.74, 6) is -1.04. The molecule has 1 amide bonds. The highest BCUT2D eigenvalue weighted by atomic mass is 19.4. The molecular formula is C11H11F3N2O4. The zero-order chi connectivity index (χ0) is 15.5. The molecule has 0 aliphatic rings. The molecule has 2 N–H and O–H groups in total. The monoisotopic (exact) mass is 292 g/mol. The second-order valence-electron chi connectivity index (χ2n) is 3.99. The summed E-state index contributed by atoms with van der Waals surface area (Å²) in [5.41, 5.74) is -0.589. The van der Waals surface area contributed by atoms with Crippen molar-refractivity contribution in [2.24, 2.45) is 0 Å². The van der Waals surface area contributed by atoms with Gasteiger partial charge in [0.25, 0.3) is 11.6 Å². The summed E-state index contributed by atoms with van der Waals surface area (Å²) < 4.78 is 36.2. The van der Waals surface area contributed by atoms with Crippen LogP contribution in [0.1, 0.15) is 15.9 Å². The molecular weight excluding hydrogens is 281 g/mol.